The Morgan fingerprint density at radius 3 is 1.93 bits per heavy atom. The molecule has 0 saturated carbocycles. The molecule has 0 radical (unpaired) electrons. The van der Waals surface area contributed by atoms with E-state index in [-0.39, 0.29) is 0 Å². The summed E-state index contributed by atoms with van der Waals surface area (Å²) in [5.74, 6) is 1.66. The average Bonchev–Trinajstić information content (AvgIpc) is 2.75. The first-order valence-electron chi connectivity index (χ1n) is 12.1. The average molecular weight is 421 g/mol. The summed E-state index contributed by atoms with van der Waals surface area (Å²) in [6, 6.07) is 6.14. The maximum atomic E-state index is 10.6. The summed E-state index contributed by atoms with van der Waals surface area (Å²) in [5.41, 5.74) is 1.27. The van der Waals surface area contributed by atoms with E-state index in [2.05, 4.69) is 13.0 Å². The molecule has 4 heteroatoms. The molecule has 4 nitrogen and oxygen atoms in total. The van der Waals surface area contributed by atoms with Gasteiger partial charge in [0.1, 0.15) is 11.5 Å². The van der Waals surface area contributed by atoms with Crippen molar-refractivity contribution in [2.45, 2.75) is 109 Å². The van der Waals surface area contributed by atoms with Crippen molar-refractivity contribution in [3.05, 3.63) is 23.8 Å². The Balaban J connectivity index is 2.56. The monoisotopic (exact) mass is 420 g/mol. The lowest BCUT2D eigenvalue weighted by atomic mass is 9.87. The van der Waals surface area contributed by atoms with E-state index in [0.717, 1.165) is 37.2 Å². The maximum Gasteiger partial charge on any atom is 0.303 e. The highest BCUT2D eigenvalue weighted by molar-refractivity contribution is 5.66. The van der Waals surface area contributed by atoms with E-state index in [9.17, 15) is 4.79 Å². The molecule has 1 atom stereocenters. The fourth-order valence-electron chi connectivity index (χ4n) is 4.16. The number of carbonyl (C=O) groups is 1. The van der Waals surface area contributed by atoms with Crippen LogP contribution in [-0.4, -0.2) is 25.3 Å². The zero-order valence-corrected chi connectivity index (χ0v) is 19.6. The van der Waals surface area contributed by atoms with Crippen LogP contribution in [0.4, 0.5) is 0 Å². The van der Waals surface area contributed by atoms with Crippen molar-refractivity contribution in [2.24, 2.45) is 0 Å². The minimum Gasteiger partial charge on any atom is -0.497 e. The molecule has 30 heavy (non-hydrogen) atoms. The molecule has 0 spiro atoms. The molecule has 1 N–H and O–H groups in total. The molecule has 1 unspecified atom stereocenters. The van der Waals surface area contributed by atoms with E-state index in [0.29, 0.717) is 12.3 Å². The Labute approximate surface area is 184 Å². The van der Waals surface area contributed by atoms with Gasteiger partial charge in [0.2, 0.25) is 0 Å². The molecule has 172 valence electrons. The number of unbranched alkanes of at least 4 members (excludes halogenated alkanes) is 10. The first-order chi connectivity index (χ1) is 14.6. The molecule has 1 aromatic carbocycles. The van der Waals surface area contributed by atoms with Crippen LogP contribution in [0.3, 0.4) is 0 Å². The Kier molecular flexibility index (Phi) is 14.9. The second-order valence-corrected chi connectivity index (χ2v) is 8.41. The molecule has 0 amide bonds. The Bertz CT molecular complexity index is 570. The van der Waals surface area contributed by atoms with Gasteiger partial charge in [-0.25, -0.2) is 0 Å². The van der Waals surface area contributed by atoms with Gasteiger partial charge in [0.15, 0.2) is 0 Å². The van der Waals surface area contributed by atoms with E-state index >= 15 is 0 Å². The molecular weight excluding hydrogens is 376 g/mol. The number of methoxy groups -OCH3 is 2. The fourth-order valence-corrected chi connectivity index (χ4v) is 4.16. The summed E-state index contributed by atoms with van der Waals surface area (Å²) >= 11 is 0. The fraction of sp³-hybridized carbons (Fsp3) is 0.731. The van der Waals surface area contributed by atoms with Crippen LogP contribution in [0.15, 0.2) is 18.2 Å². The van der Waals surface area contributed by atoms with Gasteiger partial charge in [-0.3, -0.25) is 4.79 Å². The molecule has 0 aliphatic rings. The van der Waals surface area contributed by atoms with Gasteiger partial charge in [-0.2, -0.15) is 0 Å². The molecule has 0 fully saturated rings. The third kappa shape index (κ3) is 11.5. The maximum absolute atomic E-state index is 10.6. The Morgan fingerprint density at radius 1 is 0.833 bits per heavy atom. The van der Waals surface area contributed by atoms with Gasteiger partial charge in [0.25, 0.3) is 0 Å². The number of benzene rings is 1. The van der Waals surface area contributed by atoms with E-state index < -0.39 is 5.97 Å². The summed E-state index contributed by atoms with van der Waals surface area (Å²) in [5, 5.41) is 8.75. The number of hydrogen-bond acceptors (Lipinski definition) is 3. The molecule has 0 heterocycles. The van der Waals surface area contributed by atoms with Crippen LogP contribution in [-0.2, 0) is 4.79 Å². The minimum atomic E-state index is -0.685. The lowest BCUT2D eigenvalue weighted by molar-refractivity contribution is -0.137. The van der Waals surface area contributed by atoms with E-state index in [4.69, 9.17) is 14.6 Å². The molecule has 1 rings (SSSR count). The third-order valence-corrected chi connectivity index (χ3v) is 5.98. The predicted molar refractivity (Wildman–Crippen MR) is 125 cm³/mol. The van der Waals surface area contributed by atoms with Crippen molar-refractivity contribution in [1.29, 1.82) is 0 Å². The van der Waals surface area contributed by atoms with E-state index in [1.54, 1.807) is 14.2 Å². The van der Waals surface area contributed by atoms with Crippen LogP contribution in [0.5, 0.6) is 11.5 Å². The lowest BCUT2D eigenvalue weighted by Gasteiger charge is -2.21. The van der Waals surface area contributed by atoms with Crippen molar-refractivity contribution in [3.63, 3.8) is 0 Å². The highest BCUT2D eigenvalue weighted by atomic mass is 16.5. The van der Waals surface area contributed by atoms with Gasteiger partial charge in [-0.05, 0) is 43.4 Å². The molecule has 0 aliphatic carbocycles. The number of carboxylic acid groups (broad SMARTS) is 1. The topological polar surface area (TPSA) is 55.8 Å². The van der Waals surface area contributed by atoms with Crippen LogP contribution in [0.25, 0.3) is 0 Å². The zero-order chi connectivity index (χ0) is 22.0. The highest BCUT2D eigenvalue weighted by Crippen LogP contribution is 2.37. The number of aliphatic carboxylic acids is 1. The van der Waals surface area contributed by atoms with Crippen LogP contribution in [0.1, 0.15) is 115 Å². The van der Waals surface area contributed by atoms with E-state index in [1.807, 2.05) is 12.1 Å². The largest absolute Gasteiger partial charge is 0.497 e. The minimum absolute atomic E-state index is 0.294. The first kappa shape index (κ1) is 26.3. The van der Waals surface area contributed by atoms with Crippen molar-refractivity contribution < 1.29 is 19.4 Å². The summed E-state index contributed by atoms with van der Waals surface area (Å²) in [7, 11) is 3.46. The standard InChI is InChI=1S/C26H44O4/c1-4-5-6-7-8-10-13-16-22(17-14-11-9-12-15-18-26(27)28)24-21-23(29-2)19-20-25(24)30-3/h19-22H,4-18H2,1-3H3,(H,27,28). The van der Waals surface area contributed by atoms with Gasteiger partial charge >= 0.3 is 5.97 Å². The van der Waals surface area contributed by atoms with Gasteiger partial charge in [0, 0.05) is 12.0 Å². The molecule has 1 aromatic rings. The van der Waals surface area contributed by atoms with Crippen molar-refractivity contribution >= 4 is 5.97 Å². The van der Waals surface area contributed by atoms with Crippen LogP contribution in [0, 0.1) is 0 Å². The van der Waals surface area contributed by atoms with Gasteiger partial charge in [0.05, 0.1) is 14.2 Å². The van der Waals surface area contributed by atoms with Gasteiger partial charge in [-0.1, -0.05) is 77.6 Å². The number of ether oxygens (including phenoxy) is 2. The number of carboxylic acids is 1. The SMILES string of the molecule is CCCCCCCCCC(CCCCCCCC(=O)O)c1cc(OC)ccc1OC. The quantitative estimate of drug-likeness (QED) is 0.232. The summed E-state index contributed by atoms with van der Waals surface area (Å²) in [6.45, 7) is 2.26. The molecule has 0 aliphatic heterocycles. The van der Waals surface area contributed by atoms with Gasteiger partial charge in [-0.15, -0.1) is 0 Å². The highest BCUT2D eigenvalue weighted by Gasteiger charge is 2.17. The second-order valence-electron chi connectivity index (χ2n) is 8.41. The summed E-state index contributed by atoms with van der Waals surface area (Å²) in [4.78, 5) is 10.6. The van der Waals surface area contributed by atoms with Crippen LogP contribution >= 0.6 is 0 Å². The smallest absolute Gasteiger partial charge is 0.303 e. The molecule has 0 bridgehead atoms. The van der Waals surface area contributed by atoms with Crippen LogP contribution < -0.4 is 9.47 Å². The second kappa shape index (κ2) is 17.0. The lowest BCUT2D eigenvalue weighted by Crippen LogP contribution is -2.03. The third-order valence-electron chi connectivity index (χ3n) is 5.98. The normalized spacial score (nSPS) is 12.0. The zero-order valence-electron chi connectivity index (χ0n) is 19.6. The number of rotatable bonds is 19. The molecule has 0 saturated heterocycles. The summed E-state index contributed by atoms with van der Waals surface area (Å²) in [6.07, 6.45) is 17.2. The van der Waals surface area contributed by atoms with Crippen molar-refractivity contribution in [3.8, 4) is 11.5 Å². The predicted octanol–water partition coefficient (Wildman–Crippen LogP) is 7.74. The Hall–Kier alpha value is -1.71. The van der Waals surface area contributed by atoms with E-state index in [1.165, 1.54) is 69.8 Å². The van der Waals surface area contributed by atoms with Crippen molar-refractivity contribution in [2.75, 3.05) is 14.2 Å². The first-order valence-corrected chi connectivity index (χ1v) is 12.1. The van der Waals surface area contributed by atoms with Crippen molar-refractivity contribution in [1.82, 2.24) is 0 Å². The van der Waals surface area contributed by atoms with Gasteiger partial charge < -0.3 is 14.6 Å². The van der Waals surface area contributed by atoms with Crippen LogP contribution in [0.2, 0.25) is 0 Å². The molecule has 0 aromatic heterocycles. The molecular formula is C26H44O4. The Morgan fingerprint density at radius 2 is 1.40 bits per heavy atom. The number of hydrogen-bond donors (Lipinski definition) is 1. The summed E-state index contributed by atoms with van der Waals surface area (Å²) < 4.78 is 11.1.